The number of hydrogen-bond acceptors (Lipinski definition) is 6. The van der Waals surface area contributed by atoms with Crippen LogP contribution in [0.1, 0.15) is 36.0 Å². The van der Waals surface area contributed by atoms with Gasteiger partial charge in [0.15, 0.2) is 5.13 Å². The SMILES string of the molecule is CSc1ccc2nc(NC(=O)c3ccc(S(=O)(=O)N4CCCCCC4)cc3)sc2c1. The number of nitrogens with zero attached hydrogens (tertiary/aromatic N) is 2. The van der Waals surface area contributed by atoms with Crippen molar-refractivity contribution in [3.8, 4) is 0 Å². The van der Waals surface area contributed by atoms with Crippen LogP contribution >= 0.6 is 23.1 Å². The molecule has 3 aromatic rings. The minimum absolute atomic E-state index is 0.227. The molecule has 0 aliphatic carbocycles. The van der Waals surface area contributed by atoms with Gasteiger partial charge >= 0.3 is 0 Å². The summed E-state index contributed by atoms with van der Waals surface area (Å²) in [6.07, 6.45) is 5.92. The number of carbonyl (C=O) groups excluding carboxylic acids is 1. The predicted molar refractivity (Wildman–Crippen MR) is 123 cm³/mol. The first-order valence-electron chi connectivity index (χ1n) is 9.83. The third kappa shape index (κ3) is 4.54. The maximum atomic E-state index is 12.9. The number of thioether (sulfide) groups is 1. The number of thiazole rings is 1. The van der Waals surface area contributed by atoms with Gasteiger partial charge in [0.1, 0.15) is 0 Å². The first-order chi connectivity index (χ1) is 14.5. The van der Waals surface area contributed by atoms with Gasteiger partial charge in [-0.25, -0.2) is 13.4 Å². The second-order valence-corrected chi connectivity index (χ2v) is 11.0. The van der Waals surface area contributed by atoms with E-state index in [-0.39, 0.29) is 10.8 Å². The average molecular weight is 462 g/mol. The molecule has 0 atom stereocenters. The number of nitrogens with one attached hydrogen (secondary N) is 1. The fourth-order valence-corrected chi connectivity index (χ4v) is 6.40. The van der Waals surface area contributed by atoms with E-state index in [0.717, 1.165) is 40.8 Å². The van der Waals surface area contributed by atoms with Crippen molar-refractivity contribution in [3.05, 3.63) is 48.0 Å². The standard InChI is InChI=1S/C21H23N3O3S3/c1-28-16-8-11-18-19(14-16)29-21(22-18)23-20(25)15-6-9-17(10-7-15)30(26,27)24-12-4-2-3-5-13-24/h6-11,14H,2-5,12-13H2,1H3,(H,22,23,25). The van der Waals surface area contributed by atoms with Gasteiger partial charge in [0, 0.05) is 23.5 Å². The van der Waals surface area contributed by atoms with Crippen LogP contribution in [0, 0.1) is 0 Å². The average Bonchev–Trinajstić information content (AvgIpc) is 2.95. The number of aromatic nitrogens is 1. The molecule has 1 amide bonds. The van der Waals surface area contributed by atoms with Crippen molar-refractivity contribution in [3.63, 3.8) is 0 Å². The van der Waals surface area contributed by atoms with E-state index < -0.39 is 10.0 Å². The Hall–Kier alpha value is -1.94. The summed E-state index contributed by atoms with van der Waals surface area (Å²) in [7, 11) is -3.52. The molecule has 0 saturated carbocycles. The van der Waals surface area contributed by atoms with Gasteiger partial charge in [-0.2, -0.15) is 4.31 Å². The normalized spacial score (nSPS) is 15.8. The van der Waals surface area contributed by atoms with Gasteiger partial charge in [-0.15, -0.1) is 11.8 Å². The minimum atomic E-state index is -3.52. The Bertz CT molecular complexity index is 1150. The Balaban J connectivity index is 1.49. The second kappa shape index (κ2) is 9.05. The number of anilines is 1. The molecular weight excluding hydrogens is 438 g/mol. The molecule has 0 bridgehead atoms. The molecule has 0 unspecified atom stereocenters. The molecule has 2 aromatic carbocycles. The van der Waals surface area contributed by atoms with Gasteiger partial charge in [-0.05, 0) is 61.6 Å². The largest absolute Gasteiger partial charge is 0.298 e. The van der Waals surface area contributed by atoms with E-state index in [0.29, 0.717) is 23.8 Å². The summed E-state index contributed by atoms with van der Waals surface area (Å²) in [6.45, 7) is 1.11. The fraction of sp³-hybridized carbons (Fsp3) is 0.333. The van der Waals surface area contributed by atoms with E-state index in [9.17, 15) is 13.2 Å². The molecule has 1 fully saturated rings. The van der Waals surface area contributed by atoms with Crippen LogP contribution < -0.4 is 5.32 Å². The Morgan fingerprint density at radius 3 is 2.43 bits per heavy atom. The number of benzene rings is 2. The molecule has 0 radical (unpaired) electrons. The lowest BCUT2D eigenvalue weighted by atomic mass is 10.2. The Kier molecular flexibility index (Phi) is 6.43. The van der Waals surface area contributed by atoms with Crippen LogP contribution in [0.2, 0.25) is 0 Å². The molecule has 6 nitrogen and oxygen atoms in total. The van der Waals surface area contributed by atoms with Gasteiger partial charge < -0.3 is 0 Å². The molecular formula is C21H23N3O3S3. The molecule has 30 heavy (non-hydrogen) atoms. The zero-order chi connectivity index (χ0) is 21.1. The summed E-state index contributed by atoms with van der Waals surface area (Å²) in [4.78, 5) is 18.4. The topological polar surface area (TPSA) is 79.4 Å². The molecule has 4 rings (SSSR count). The highest BCUT2D eigenvalue weighted by molar-refractivity contribution is 7.98. The first kappa shape index (κ1) is 21.3. The molecule has 158 valence electrons. The summed E-state index contributed by atoms with van der Waals surface area (Å²) < 4.78 is 28.3. The highest BCUT2D eigenvalue weighted by Gasteiger charge is 2.25. The first-order valence-corrected chi connectivity index (χ1v) is 13.3. The smallest absolute Gasteiger partial charge is 0.257 e. The number of sulfonamides is 1. The molecule has 9 heteroatoms. The van der Waals surface area contributed by atoms with Crippen LogP contribution in [0.25, 0.3) is 10.2 Å². The number of hydrogen-bond donors (Lipinski definition) is 1. The van der Waals surface area contributed by atoms with Crippen molar-refractivity contribution < 1.29 is 13.2 Å². The highest BCUT2D eigenvalue weighted by atomic mass is 32.2. The zero-order valence-electron chi connectivity index (χ0n) is 16.6. The van der Waals surface area contributed by atoms with Crippen LogP contribution in [-0.2, 0) is 10.0 Å². The van der Waals surface area contributed by atoms with Gasteiger partial charge in [0.05, 0.1) is 15.1 Å². The third-order valence-corrected chi connectivity index (χ3v) is 8.71. The van der Waals surface area contributed by atoms with Crippen molar-refractivity contribution in [2.45, 2.75) is 35.5 Å². The van der Waals surface area contributed by atoms with Crippen LogP contribution in [-0.4, -0.2) is 43.0 Å². The second-order valence-electron chi connectivity index (χ2n) is 7.15. The van der Waals surface area contributed by atoms with Crippen molar-refractivity contribution in [1.82, 2.24) is 9.29 Å². The van der Waals surface area contributed by atoms with Crippen molar-refractivity contribution in [1.29, 1.82) is 0 Å². The maximum Gasteiger partial charge on any atom is 0.257 e. The maximum absolute atomic E-state index is 12.9. The summed E-state index contributed by atoms with van der Waals surface area (Å²) >= 11 is 3.08. The van der Waals surface area contributed by atoms with Gasteiger partial charge in [0.2, 0.25) is 10.0 Å². The van der Waals surface area contributed by atoms with Crippen molar-refractivity contribution in [2.24, 2.45) is 0 Å². The molecule has 1 aromatic heterocycles. The van der Waals surface area contributed by atoms with Crippen LogP contribution in [0.4, 0.5) is 5.13 Å². The molecule has 1 aliphatic heterocycles. The number of carbonyl (C=O) groups is 1. The lowest BCUT2D eigenvalue weighted by Crippen LogP contribution is -2.31. The molecule has 0 spiro atoms. The number of amides is 1. The summed E-state index contributed by atoms with van der Waals surface area (Å²) in [5.74, 6) is -0.308. The van der Waals surface area contributed by atoms with E-state index in [4.69, 9.17) is 0 Å². The van der Waals surface area contributed by atoms with E-state index >= 15 is 0 Å². The van der Waals surface area contributed by atoms with Crippen LogP contribution in [0.5, 0.6) is 0 Å². The quantitative estimate of drug-likeness (QED) is 0.550. The molecule has 1 N–H and O–H groups in total. The summed E-state index contributed by atoms with van der Waals surface area (Å²) in [5.41, 5.74) is 1.24. The minimum Gasteiger partial charge on any atom is -0.298 e. The van der Waals surface area contributed by atoms with Crippen molar-refractivity contribution >= 4 is 54.4 Å². The molecule has 2 heterocycles. The van der Waals surface area contributed by atoms with Gasteiger partial charge in [-0.3, -0.25) is 10.1 Å². The Labute approximate surface area is 184 Å². The van der Waals surface area contributed by atoms with Gasteiger partial charge in [-0.1, -0.05) is 24.2 Å². The van der Waals surface area contributed by atoms with E-state index in [1.165, 1.54) is 23.5 Å². The fourth-order valence-electron chi connectivity index (χ4n) is 3.46. The zero-order valence-corrected chi connectivity index (χ0v) is 19.1. The predicted octanol–water partition coefficient (Wildman–Crippen LogP) is 4.84. The summed E-state index contributed by atoms with van der Waals surface area (Å²) in [5, 5.41) is 3.34. The lowest BCUT2D eigenvalue weighted by molar-refractivity contribution is 0.102. The van der Waals surface area contributed by atoms with Gasteiger partial charge in [0.25, 0.3) is 5.91 Å². The van der Waals surface area contributed by atoms with E-state index in [2.05, 4.69) is 16.4 Å². The van der Waals surface area contributed by atoms with E-state index in [1.807, 2.05) is 18.4 Å². The molecule has 1 aliphatic rings. The van der Waals surface area contributed by atoms with Crippen LogP contribution in [0.3, 0.4) is 0 Å². The lowest BCUT2D eigenvalue weighted by Gasteiger charge is -2.20. The highest BCUT2D eigenvalue weighted by Crippen LogP contribution is 2.30. The van der Waals surface area contributed by atoms with Crippen molar-refractivity contribution in [2.75, 3.05) is 24.7 Å². The summed E-state index contributed by atoms with van der Waals surface area (Å²) in [6, 6.07) is 12.1. The number of rotatable bonds is 5. The Morgan fingerprint density at radius 2 is 1.77 bits per heavy atom. The number of fused-ring (bicyclic) bond motifs is 1. The monoisotopic (exact) mass is 461 g/mol. The van der Waals surface area contributed by atoms with E-state index in [1.54, 1.807) is 28.2 Å². The third-order valence-electron chi connectivity index (χ3n) is 5.14. The Morgan fingerprint density at radius 1 is 1.07 bits per heavy atom. The molecule has 1 saturated heterocycles. The van der Waals surface area contributed by atoms with Crippen LogP contribution in [0.15, 0.2) is 52.3 Å².